The van der Waals surface area contributed by atoms with Crippen molar-refractivity contribution in [3.05, 3.63) is 56.7 Å². The quantitative estimate of drug-likeness (QED) is 0.559. The fourth-order valence-corrected chi connectivity index (χ4v) is 3.85. The van der Waals surface area contributed by atoms with Gasteiger partial charge in [-0.25, -0.2) is 0 Å². The number of fused-ring (bicyclic) bond motifs is 2. The molecule has 2 aromatic carbocycles. The van der Waals surface area contributed by atoms with Crippen molar-refractivity contribution < 1.29 is 0 Å². The molecule has 3 aromatic rings. The van der Waals surface area contributed by atoms with E-state index in [0.29, 0.717) is 0 Å². The molecule has 0 aliphatic carbocycles. The molecule has 3 rings (SSSR count). The molecule has 0 saturated carbocycles. The van der Waals surface area contributed by atoms with Crippen LogP contribution in [0.25, 0.3) is 20.2 Å². The topological polar surface area (TPSA) is 17.1 Å². The lowest BCUT2D eigenvalue weighted by Crippen LogP contribution is -2.01. The van der Waals surface area contributed by atoms with Crippen LogP contribution in [0.15, 0.2) is 45.7 Å². The third-order valence-electron chi connectivity index (χ3n) is 2.80. The third-order valence-corrected chi connectivity index (χ3v) is 4.58. The maximum atomic E-state index is 12.4. The van der Waals surface area contributed by atoms with E-state index < -0.39 is 0 Å². The summed E-state index contributed by atoms with van der Waals surface area (Å²) in [6.45, 7) is 2.04. The molecule has 0 aliphatic rings. The standard InChI is InChI=1S/C14H9BrOS/c1-8-5-6-9-12(7-8)17-11-4-2-3-10(15)13(11)14(9)16/h2-7H,1H3. The monoisotopic (exact) mass is 304 g/mol. The Kier molecular flexibility index (Phi) is 2.53. The first-order valence-corrected chi connectivity index (χ1v) is 6.89. The molecule has 0 amide bonds. The van der Waals surface area contributed by atoms with Gasteiger partial charge < -0.3 is 0 Å². The molecule has 0 unspecified atom stereocenters. The Labute approximate surface area is 111 Å². The fraction of sp³-hybridized carbons (Fsp3) is 0.0714. The summed E-state index contributed by atoms with van der Waals surface area (Å²) < 4.78 is 2.96. The van der Waals surface area contributed by atoms with E-state index in [-0.39, 0.29) is 5.43 Å². The second-order valence-electron chi connectivity index (χ2n) is 4.04. The number of rotatable bonds is 0. The van der Waals surface area contributed by atoms with Gasteiger partial charge in [0.25, 0.3) is 0 Å². The van der Waals surface area contributed by atoms with Crippen LogP contribution < -0.4 is 5.43 Å². The first kappa shape index (κ1) is 10.9. The van der Waals surface area contributed by atoms with Crippen molar-refractivity contribution in [3.8, 4) is 0 Å². The lowest BCUT2D eigenvalue weighted by Gasteiger charge is -2.03. The largest absolute Gasteiger partial charge is 0.288 e. The number of halogens is 1. The Hall–Kier alpha value is -1.19. The van der Waals surface area contributed by atoms with Gasteiger partial charge in [-0.05, 0) is 52.7 Å². The highest BCUT2D eigenvalue weighted by Crippen LogP contribution is 2.29. The van der Waals surface area contributed by atoms with Crippen LogP contribution in [0.5, 0.6) is 0 Å². The fourth-order valence-electron chi connectivity index (χ4n) is 1.96. The van der Waals surface area contributed by atoms with Gasteiger partial charge in [0, 0.05) is 19.3 Å². The molecule has 17 heavy (non-hydrogen) atoms. The zero-order valence-corrected chi connectivity index (χ0v) is 11.6. The second kappa shape index (κ2) is 3.93. The van der Waals surface area contributed by atoms with Crippen LogP contribution in [0.4, 0.5) is 0 Å². The van der Waals surface area contributed by atoms with Gasteiger partial charge in [-0.2, -0.15) is 0 Å². The molecule has 0 aliphatic heterocycles. The maximum absolute atomic E-state index is 12.4. The molecule has 84 valence electrons. The zero-order chi connectivity index (χ0) is 12.0. The summed E-state index contributed by atoms with van der Waals surface area (Å²) in [6.07, 6.45) is 0. The molecule has 0 saturated heterocycles. The van der Waals surface area contributed by atoms with E-state index in [9.17, 15) is 4.79 Å². The molecule has 1 aromatic heterocycles. The summed E-state index contributed by atoms with van der Waals surface area (Å²) in [4.78, 5) is 12.4. The molecule has 0 atom stereocenters. The molecule has 0 radical (unpaired) electrons. The predicted octanol–water partition coefficient (Wildman–Crippen LogP) is 4.49. The van der Waals surface area contributed by atoms with Crippen LogP contribution in [0.3, 0.4) is 0 Å². The van der Waals surface area contributed by atoms with E-state index in [4.69, 9.17) is 0 Å². The summed E-state index contributed by atoms with van der Waals surface area (Å²) >= 11 is 5.12. The van der Waals surface area contributed by atoms with Crippen LogP contribution in [0.2, 0.25) is 0 Å². The molecule has 1 heterocycles. The third kappa shape index (κ3) is 1.70. The van der Waals surface area contributed by atoms with Crippen LogP contribution in [-0.4, -0.2) is 0 Å². The highest BCUT2D eigenvalue weighted by atomic mass is 79.9. The van der Waals surface area contributed by atoms with Gasteiger partial charge >= 0.3 is 0 Å². The number of hydrogen-bond donors (Lipinski definition) is 0. The maximum Gasteiger partial charge on any atom is 0.197 e. The molecule has 0 spiro atoms. The van der Waals surface area contributed by atoms with Crippen molar-refractivity contribution in [3.63, 3.8) is 0 Å². The Morgan fingerprint density at radius 1 is 1.12 bits per heavy atom. The zero-order valence-electron chi connectivity index (χ0n) is 9.16. The molecule has 1 nitrogen and oxygen atoms in total. The summed E-state index contributed by atoms with van der Waals surface area (Å²) in [7, 11) is 0. The first-order valence-electron chi connectivity index (χ1n) is 5.28. The van der Waals surface area contributed by atoms with E-state index in [0.717, 1.165) is 24.6 Å². The van der Waals surface area contributed by atoms with Gasteiger partial charge in [-0.3, -0.25) is 4.79 Å². The summed E-state index contributed by atoms with van der Waals surface area (Å²) in [5.74, 6) is 0. The Morgan fingerprint density at radius 3 is 2.76 bits per heavy atom. The van der Waals surface area contributed by atoms with E-state index >= 15 is 0 Å². The second-order valence-corrected chi connectivity index (χ2v) is 5.98. The van der Waals surface area contributed by atoms with Gasteiger partial charge in [-0.1, -0.05) is 12.1 Å². The average molecular weight is 305 g/mol. The van der Waals surface area contributed by atoms with E-state index in [1.165, 1.54) is 5.56 Å². The summed E-state index contributed by atoms with van der Waals surface area (Å²) in [6, 6.07) is 11.8. The van der Waals surface area contributed by atoms with Gasteiger partial charge in [-0.15, -0.1) is 11.3 Å². The van der Waals surface area contributed by atoms with E-state index in [1.807, 2.05) is 37.3 Å². The van der Waals surface area contributed by atoms with Gasteiger partial charge in [0.2, 0.25) is 0 Å². The smallest absolute Gasteiger partial charge is 0.197 e. The highest BCUT2D eigenvalue weighted by Gasteiger charge is 2.08. The van der Waals surface area contributed by atoms with Gasteiger partial charge in [0.1, 0.15) is 0 Å². The number of hydrogen-bond acceptors (Lipinski definition) is 2. The Balaban J connectivity index is 2.62. The van der Waals surface area contributed by atoms with Crippen molar-refractivity contribution >= 4 is 47.4 Å². The van der Waals surface area contributed by atoms with E-state index in [2.05, 4.69) is 22.0 Å². The summed E-state index contributed by atoms with van der Waals surface area (Å²) in [5, 5.41) is 1.59. The Morgan fingerprint density at radius 2 is 1.94 bits per heavy atom. The molecule has 0 bridgehead atoms. The minimum Gasteiger partial charge on any atom is -0.288 e. The van der Waals surface area contributed by atoms with Crippen molar-refractivity contribution in [1.29, 1.82) is 0 Å². The first-order chi connectivity index (χ1) is 8.16. The van der Waals surface area contributed by atoms with Crippen LogP contribution in [0, 0.1) is 6.92 Å². The highest BCUT2D eigenvalue weighted by molar-refractivity contribution is 9.10. The average Bonchev–Trinajstić information content (AvgIpc) is 2.28. The predicted molar refractivity (Wildman–Crippen MR) is 78.0 cm³/mol. The summed E-state index contributed by atoms with van der Waals surface area (Å²) in [5.41, 5.74) is 1.30. The van der Waals surface area contributed by atoms with Crippen LogP contribution in [0.1, 0.15) is 5.56 Å². The van der Waals surface area contributed by atoms with Crippen molar-refractivity contribution in [2.45, 2.75) is 6.92 Å². The molecular formula is C14H9BrOS. The van der Waals surface area contributed by atoms with Crippen molar-refractivity contribution in [1.82, 2.24) is 0 Å². The van der Waals surface area contributed by atoms with Crippen LogP contribution in [-0.2, 0) is 0 Å². The minimum absolute atomic E-state index is 0.112. The molecule has 3 heteroatoms. The van der Waals surface area contributed by atoms with Gasteiger partial charge in [0.15, 0.2) is 5.43 Å². The molecular weight excluding hydrogens is 296 g/mol. The van der Waals surface area contributed by atoms with E-state index in [1.54, 1.807) is 11.3 Å². The SMILES string of the molecule is Cc1ccc2c(=O)c3c(Br)cccc3sc2c1. The number of aryl methyl sites for hydroxylation is 1. The normalized spacial score (nSPS) is 11.2. The minimum atomic E-state index is 0.112. The lowest BCUT2D eigenvalue weighted by atomic mass is 10.1. The molecule has 0 fully saturated rings. The van der Waals surface area contributed by atoms with Crippen LogP contribution >= 0.6 is 27.3 Å². The lowest BCUT2D eigenvalue weighted by molar-refractivity contribution is 1.51. The van der Waals surface area contributed by atoms with Crippen molar-refractivity contribution in [2.75, 3.05) is 0 Å². The van der Waals surface area contributed by atoms with Gasteiger partial charge in [0.05, 0.1) is 5.39 Å². The van der Waals surface area contributed by atoms with Crippen molar-refractivity contribution in [2.24, 2.45) is 0 Å². The number of benzene rings is 2. The Bertz CT molecular complexity index is 788. The molecule has 0 N–H and O–H groups in total.